The second-order valence-corrected chi connectivity index (χ2v) is 8.14. The van der Waals surface area contributed by atoms with E-state index in [4.69, 9.17) is 4.74 Å². The molecule has 2 amide bonds. The number of methoxy groups -OCH3 is 1. The van der Waals surface area contributed by atoms with Gasteiger partial charge in [-0.05, 0) is 30.2 Å². The van der Waals surface area contributed by atoms with Gasteiger partial charge >= 0.3 is 5.97 Å². The highest BCUT2D eigenvalue weighted by atomic mass is 16.5. The van der Waals surface area contributed by atoms with E-state index in [1.165, 1.54) is 7.11 Å². The van der Waals surface area contributed by atoms with Crippen molar-refractivity contribution in [3.63, 3.8) is 0 Å². The predicted molar refractivity (Wildman–Crippen MR) is 126 cm³/mol. The number of rotatable bonds is 6. The lowest BCUT2D eigenvalue weighted by Gasteiger charge is -2.36. The van der Waals surface area contributed by atoms with Crippen molar-refractivity contribution in [2.45, 2.75) is 26.1 Å². The lowest BCUT2D eigenvalue weighted by Crippen LogP contribution is -2.43. The molecule has 8 nitrogen and oxygen atoms in total. The van der Waals surface area contributed by atoms with Gasteiger partial charge < -0.3 is 19.5 Å². The first-order chi connectivity index (χ1) is 16.4. The summed E-state index contributed by atoms with van der Waals surface area (Å²) >= 11 is 0. The molecular formula is C26H26N4O4. The number of nitrogens with one attached hydrogen (secondary N) is 1. The third-order valence-electron chi connectivity index (χ3n) is 5.72. The molecule has 0 fully saturated rings. The van der Waals surface area contributed by atoms with E-state index in [1.807, 2.05) is 41.0 Å². The molecule has 4 rings (SSSR count). The minimum Gasteiger partial charge on any atom is -0.465 e. The van der Waals surface area contributed by atoms with Crippen LogP contribution in [0, 0.1) is 0 Å². The van der Waals surface area contributed by atoms with E-state index >= 15 is 0 Å². The number of carbonyl (C=O) groups is 3. The summed E-state index contributed by atoms with van der Waals surface area (Å²) in [5.74, 6) is -0.282. The van der Waals surface area contributed by atoms with Crippen LogP contribution in [0.3, 0.4) is 0 Å². The predicted octanol–water partition coefficient (Wildman–Crippen LogP) is 3.11. The van der Waals surface area contributed by atoms with Gasteiger partial charge in [0.2, 0.25) is 5.91 Å². The standard InChI is InChI=1S/C26H26N4O4/c1-17(2)25(32)30-13-12-29-16-21(28-23(29)22(30)19-9-5-4-6-10-19)24(31)27-15-18-8-7-11-20(14-18)26(33)34-3/h4-11,14,16,22H,1,12-13,15H2,2-3H3,(H,27,31). The molecule has 0 aliphatic carbocycles. The van der Waals surface area contributed by atoms with Crippen molar-refractivity contribution >= 4 is 17.8 Å². The summed E-state index contributed by atoms with van der Waals surface area (Å²) in [7, 11) is 1.32. The lowest BCUT2D eigenvalue weighted by molar-refractivity contribution is -0.129. The Morgan fingerprint density at radius 1 is 1.12 bits per heavy atom. The van der Waals surface area contributed by atoms with Gasteiger partial charge in [-0.1, -0.05) is 49.0 Å². The first-order valence-electron chi connectivity index (χ1n) is 10.9. The smallest absolute Gasteiger partial charge is 0.337 e. The number of amides is 2. The Labute approximate surface area is 197 Å². The van der Waals surface area contributed by atoms with E-state index in [9.17, 15) is 14.4 Å². The fraction of sp³-hybridized carbons (Fsp3) is 0.231. The molecule has 1 aliphatic rings. The summed E-state index contributed by atoms with van der Waals surface area (Å²) in [6.45, 7) is 6.75. The monoisotopic (exact) mass is 458 g/mol. The fourth-order valence-electron chi connectivity index (χ4n) is 4.05. The van der Waals surface area contributed by atoms with Crippen LogP contribution in [-0.2, 0) is 22.6 Å². The molecule has 2 heterocycles. The maximum Gasteiger partial charge on any atom is 0.337 e. The summed E-state index contributed by atoms with van der Waals surface area (Å²) in [4.78, 5) is 43.9. The van der Waals surface area contributed by atoms with Gasteiger partial charge in [-0.25, -0.2) is 9.78 Å². The molecule has 8 heteroatoms. The number of hydrogen-bond acceptors (Lipinski definition) is 5. The highest BCUT2D eigenvalue weighted by Crippen LogP contribution is 2.32. The molecular weight excluding hydrogens is 432 g/mol. The largest absolute Gasteiger partial charge is 0.465 e. The van der Waals surface area contributed by atoms with Crippen LogP contribution >= 0.6 is 0 Å². The number of imidazole rings is 1. The minimum atomic E-state index is -0.434. The van der Waals surface area contributed by atoms with Crippen molar-refractivity contribution in [2.75, 3.05) is 13.7 Å². The number of esters is 1. The molecule has 1 aromatic heterocycles. The topological polar surface area (TPSA) is 93.5 Å². The second-order valence-electron chi connectivity index (χ2n) is 8.14. The van der Waals surface area contributed by atoms with Crippen molar-refractivity contribution in [1.29, 1.82) is 0 Å². The number of fused-ring (bicyclic) bond motifs is 1. The van der Waals surface area contributed by atoms with Crippen molar-refractivity contribution in [3.05, 3.63) is 101 Å². The van der Waals surface area contributed by atoms with Crippen LogP contribution in [0.4, 0.5) is 0 Å². The van der Waals surface area contributed by atoms with E-state index < -0.39 is 12.0 Å². The van der Waals surface area contributed by atoms with Crippen molar-refractivity contribution < 1.29 is 19.1 Å². The maximum atomic E-state index is 12.9. The minimum absolute atomic E-state index is 0.139. The van der Waals surface area contributed by atoms with Crippen LogP contribution in [0.1, 0.15) is 50.8 Å². The molecule has 2 aromatic carbocycles. The van der Waals surface area contributed by atoms with E-state index in [2.05, 4.69) is 16.9 Å². The summed E-state index contributed by atoms with van der Waals surface area (Å²) in [5, 5.41) is 2.85. The van der Waals surface area contributed by atoms with E-state index in [-0.39, 0.29) is 24.1 Å². The van der Waals surface area contributed by atoms with Crippen molar-refractivity contribution in [3.8, 4) is 0 Å². The molecule has 0 saturated heterocycles. The molecule has 1 N–H and O–H groups in total. The lowest BCUT2D eigenvalue weighted by atomic mass is 10.0. The number of carbonyl (C=O) groups excluding carboxylic acids is 3. The Balaban J connectivity index is 1.57. The van der Waals surface area contributed by atoms with E-state index in [1.54, 1.807) is 36.2 Å². The zero-order valence-corrected chi connectivity index (χ0v) is 19.2. The molecule has 1 aliphatic heterocycles. The Morgan fingerprint density at radius 3 is 2.59 bits per heavy atom. The number of hydrogen-bond donors (Lipinski definition) is 1. The number of benzene rings is 2. The quantitative estimate of drug-likeness (QED) is 0.453. The highest BCUT2D eigenvalue weighted by Gasteiger charge is 2.34. The Bertz CT molecular complexity index is 1250. The SMILES string of the molecule is C=C(C)C(=O)N1CCn2cc(C(=O)NCc3cccc(C(=O)OC)c3)nc2C1c1ccccc1. The number of aromatic nitrogens is 2. The van der Waals surface area contributed by atoms with Gasteiger partial charge in [-0.2, -0.15) is 0 Å². The number of nitrogens with zero attached hydrogens (tertiary/aromatic N) is 3. The van der Waals surface area contributed by atoms with Crippen LogP contribution < -0.4 is 5.32 Å². The Morgan fingerprint density at radius 2 is 1.88 bits per heavy atom. The van der Waals surface area contributed by atoms with Crippen LogP contribution in [0.2, 0.25) is 0 Å². The Kier molecular flexibility index (Phi) is 6.58. The third-order valence-corrected chi connectivity index (χ3v) is 5.72. The second kappa shape index (κ2) is 9.74. The van der Waals surface area contributed by atoms with Gasteiger partial charge in [0.25, 0.3) is 5.91 Å². The highest BCUT2D eigenvalue weighted by molar-refractivity contribution is 5.94. The average molecular weight is 459 g/mol. The van der Waals surface area contributed by atoms with Gasteiger partial charge in [0.1, 0.15) is 17.6 Å². The molecule has 1 atom stereocenters. The normalized spacial score (nSPS) is 14.8. The summed E-state index contributed by atoms with van der Waals surface area (Å²) < 4.78 is 6.67. The van der Waals surface area contributed by atoms with Gasteiger partial charge in [0.05, 0.1) is 12.7 Å². The Hall–Kier alpha value is -4.20. The molecule has 174 valence electrons. The van der Waals surface area contributed by atoms with Gasteiger partial charge in [-0.3, -0.25) is 9.59 Å². The van der Waals surface area contributed by atoms with Crippen LogP contribution in [0.25, 0.3) is 0 Å². The summed E-state index contributed by atoms with van der Waals surface area (Å²) in [6.07, 6.45) is 1.72. The van der Waals surface area contributed by atoms with Crippen LogP contribution in [0.5, 0.6) is 0 Å². The third kappa shape index (κ3) is 4.61. The summed E-state index contributed by atoms with van der Waals surface area (Å²) in [5.41, 5.74) is 2.81. The molecule has 0 radical (unpaired) electrons. The van der Waals surface area contributed by atoms with Crippen molar-refractivity contribution in [1.82, 2.24) is 19.8 Å². The van der Waals surface area contributed by atoms with Crippen LogP contribution in [0.15, 0.2) is 72.9 Å². The van der Waals surface area contributed by atoms with E-state index in [0.717, 1.165) is 11.1 Å². The van der Waals surface area contributed by atoms with Crippen LogP contribution in [-0.4, -0.2) is 45.9 Å². The zero-order valence-electron chi connectivity index (χ0n) is 19.2. The van der Waals surface area contributed by atoms with Gasteiger partial charge in [-0.15, -0.1) is 0 Å². The maximum absolute atomic E-state index is 12.9. The molecule has 3 aromatic rings. The van der Waals surface area contributed by atoms with E-state index in [0.29, 0.717) is 30.1 Å². The average Bonchev–Trinajstić information content (AvgIpc) is 3.31. The number of ether oxygens (including phenoxy) is 1. The zero-order chi connectivity index (χ0) is 24.2. The first-order valence-corrected chi connectivity index (χ1v) is 10.9. The molecule has 0 spiro atoms. The van der Waals surface area contributed by atoms with Gasteiger partial charge in [0, 0.05) is 31.4 Å². The fourth-order valence-corrected chi connectivity index (χ4v) is 4.05. The van der Waals surface area contributed by atoms with Crippen molar-refractivity contribution in [2.24, 2.45) is 0 Å². The molecule has 0 saturated carbocycles. The molecule has 34 heavy (non-hydrogen) atoms. The summed E-state index contributed by atoms with van der Waals surface area (Å²) in [6, 6.07) is 16.1. The molecule has 1 unspecified atom stereocenters. The molecule has 0 bridgehead atoms. The van der Waals surface area contributed by atoms with Gasteiger partial charge in [0.15, 0.2) is 0 Å². The first kappa shape index (κ1) is 23.0.